The van der Waals surface area contributed by atoms with Crippen LogP contribution in [0.15, 0.2) is 24.4 Å². The van der Waals surface area contributed by atoms with Crippen molar-refractivity contribution in [2.75, 3.05) is 20.6 Å². The Morgan fingerprint density at radius 1 is 1.50 bits per heavy atom. The summed E-state index contributed by atoms with van der Waals surface area (Å²) < 4.78 is 13.2. The summed E-state index contributed by atoms with van der Waals surface area (Å²) in [5.74, 6) is 0.188. The summed E-state index contributed by atoms with van der Waals surface area (Å²) in [5.41, 5.74) is 1.78. The fourth-order valence-electron chi connectivity index (χ4n) is 1.94. The molecular formula is C14H18N2O2. The van der Waals surface area contributed by atoms with Gasteiger partial charge in [0.25, 0.3) is 0 Å². The van der Waals surface area contributed by atoms with Gasteiger partial charge in [0.05, 0.1) is 0 Å². The number of benzene rings is 1. The molecule has 2 rings (SSSR count). The molecule has 0 aliphatic carbocycles. The molecule has 96 valence electrons. The Labute approximate surface area is 108 Å². The predicted molar refractivity (Wildman–Crippen MR) is 71.9 cm³/mol. The first-order valence-electron chi connectivity index (χ1n) is 6.39. The molecule has 1 N–H and O–H groups in total. The molecule has 0 fully saturated rings. The Morgan fingerprint density at radius 3 is 2.94 bits per heavy atom. The van der Waals surface area contributed by atoms with E-state index >= 15 is 0 Å². The fraction of sp³-hybridized carbons (Fsp3) is 0.357. The highest BCUT2D eigenvalue weighted by atomic mass is 16.5. The standard InChI is InChI=1S/C14H18N2O2/c1-10(17)18-13-6-4-5-12-14(13)11(9-15-12)7-8-16(2)3/h4-6,9,15H,7-8H2,1-3H3/i/hD. The first-order chi connectivity index (χ1) is 8.99. The lowest BCUT2D eigenvalue weighted by Crippen LogP contribution is -2.15. The van der Waals surface area contributed by atoms with Gasteiger partial charge in [0, 0.05) is 30.6 Å². The van der Waals surface area contributed by atoms with Crippen molar-refractivity contribution in [1.29, 1.82) is 0 Å². The van der Waals surface area contributed by atoms with Crippen LogP contribution in [-0.4, -0.2) is 36.5 Å². The highest BCUT2D eigenvalue weighted by molar-refractivity contribution is 5.91. The maximum absolute atomic E-state index is 11.2. The van der Waals surface area contributed by atoms with E-state index in [1.54, 1.807) is 18.3 Å². The van der Waals surface area contributed by atoms with Crippen molar-refractivity contribution < 1.29 is 10.9 Å². The van der Waals surface area contributed by atoms with Crippen molar-refractivity contribution in [3.8, 4) is 5.75 Å². The van der Waals surface area contributed by atoms with Crippen molar-refractivity contribution in [2.24, 2.45) is 0 Å². The number of nitrogens with zero attached hydrogens (tertiary/aromatic N) is 1. The molecule has 4 heteroatoms. The van der Waals surface area contributed by atoms with E-state index in [4.69, 9.17) is 6.15 Å². The summed E-state index contributed by atoms with van der Waals surface area (Å²) in [7, 11) is 4.01. The van der Waals surface area contributed by atoms with Gasteiger partial charge in [-0.05, 0) is 38.2 Å². The molecule has 0 aliphatic rings. The predicted octanol–water partition coefficient (Wildman–Crippen LogP) is 2.20. The first-order valence-corrected chi connectivity index (χ1v) is 5.94. The molecule has 4 nitrogen and oxygen atoms in total. The molecule has 0 bridgehead atoms. The SMILES string of the molecule is [2H]n1cc(CCN(C)C)c2c(OC(C)=O)cccc21. The van der Waals surface area contributed by atoms with Gasteiger partial charge in [-0.1, -0.05) is 6.07 Å². The minimum absolute atomic E-state index is 0.344. The molecule has 1 aromatic heterocycles. The number of hydrogen-bond donors (Lipinski definition) is 1. The third-order valence-corrected chi connectivity index (χ3v) is 2.77. The van der Waals surface area contributed by atoms with Crippen molar-refractivity contribution in [1.82, 2.24) is 9.88 Å². The Hall–Kier alpha value is -1.81. The number of fused-ring (bicyclic) bond motifs is 1. The van der Waals surface area contributed by atoms with Crippen LogP contribution in [0.5, 0.6) is 5.75 Å². The summed E-state index contributed by atoms with van der Waals surface area (Å²) in [6.45, 7) is 2.27. The van der Waals surface area contributed by atoms with Crippen LogP contribution < -0.4 is 4.74 Å². The van der Waals surface area contributed by atoms with E-state index in [2.05, 4.69) is 4.90 Å². The lowest BCUT2D eigenvalue weighted by atomic mass is 10.1. The van der Waals surface area contributed by atoms with Gasteiger partial charge in [-0.3, -0.25) is 4.79 Å². The molecule has 0 saturated heterocycles. The summed E-state index contributed by atoms with van der Waals surface area (Å²) in [6, 6.07) is 5.42. The van der Waals surface area contributed by atoms with Crippen molar-refractivity contribution in [2.45, 2.75) is 13.3 Å². The summed E-state index contributed by atoms with van der Waals surface area (Å²) in [4.78, 5) is 14.6. The summed E-state index contributed by atoms with van der Waals surface area (Å²) in [5, 5.41) is 0.856. The number of hydrogen-bond acceptors (Lipinski definition) is 3. The number of esters is 1. The number of carbonyl (C=O) groups is 1. The minimum atomic E-state index is -0.344. The molecule has 2 aromatic rings. The van der Waals surface area contributed by atoms with Gasteiger partial charge in [0.15, 0.2) is 1.41 Å². The van der Waals surface area contributed by atoms with E-state index in [9.17, 15) is 4.79 Å². The monoisotopic (exact) mass is 247 g/mol. The van der Waals surface area contributed by atoms with Crippen LogP contribution in [0.4, 0.5) is 0 Å². The molecule has 0 unspecified atom stereocenters. The first kappa shape index (κ1) is 11.3. The zero-order valence-corrected chi connectivity index (χ0v) is 10.9. The van der Waals surface area contributed by atoms with Crippen LogP contribution in [0.2, 0.25) is 1.41 Å². The van der Waals surface area contributed by atoms with Crippen molar-refractivity contribution in [3.05, 3.63) is 30.0 Å². The lowest BCUT2D eigenvalue weighted by Gasteiger charge is -2.09. The number of aromatic amines is 1. The highest BCUT2D eigenvalue weighted by Crippen LogP contribution is 2.29. The number of aromatic nitrogens is 1. The molecular weight excluding hydrogens is 228 g/mol. The maximum Gasteiger partial charge on any atom is 0.308 e. The molecule has 1 aromatic carbocycles. The van der Waals surface area contributed by atoms with Gasteiger partial charge >= 0.3 is 5.97 Å². The molecule has 0 saturated carbocycles. The normalized spacial score (nSPS) is 11.9. The quantitative estimate of drug-likeness (QED) is 0.665. The third-order valence-electron chi connectivity index (χ3n) is 2.77. The zero-order valence-electron chi connectivity index (χ0n) is 11.9. The Balaban J connectivity index is 2.48. The topological polar surface area (TPSA) is 45.3 Å². The molecule has 0 atom stereocenters. The Bertz CT molecular complexity index is 605. The van der Waals surface area contributed by atoms with E-state index in [0.29, 0.717) is 5.75 Å². The van der Waals surface area contributed by atoms with Gasteiger partial charge in [-0.25, -0.2) is 0 Å². The fourth-order valence-corrected chi connectivity index (χ4v) is 1.94. The van der Waals surface area contributed by atoms with E-state index in [-0.39, 0.29) is 5.97 Å². The van der Waals surface area contributed by atoms with E-state index in [1.165, 1.54) is 11.9 Å². The van der Waals surface area contributed by atoms with E-state index < -0.39 is 0 Å². The molecule has 18 heavy (non-hydrogen) atoms. The maximum atomic E-state index is 11.2. The molecule has 0 spiro atoms. The minimum Gasteiger partial charge on any atom is -0.426 e. The average molecular weight is 247 g/mol. The van der Waals surface area contributed by atoms with Crippen LogP contribution in [0.3, 0.4) is 0 Å². The van der Waals surface area contributed by atoms with Crippen LogP contribution >= 0.6 is 0 Å². The summed E-state index contributed by atoms with van der Waals surface area (Å²) >= 11 is 0. The van der Waals surface area contributed by atoms with E-state index in [1.807, 2.05) is 20.2 Å². The zero-order chi connectivity index (χ0) is 14.0. The number of ether oxygens (including phenoxy) is 1. The number of nitrogens with one attached hydrogen (secondary N) is 1. The van der Waals surface area contributed by atoms with E-state index in [0.717, 1.165) is 29.4 Å². The Morgan fingerprint density at radius 2 is 2.28 bits per heavy atom. The van der Waals surface area contributed by atoms with Crippen LogP contribution in [-0.2, 0) is 11.2 Å². The van der Waals surface area contributed by atoms with Crippen LogP contribution in [0, 0.1) is 0 Å². The smallest absolute Gasteiger partial charge is 0.308 e. The van der Waals surface area contributed by atoms with Crippen molar-refractivity contribution in [3.63, 3.8) is 0 Å². The second-order valence-corrected chi connectivity index (χ2v) is 4.58. The molecule has 1 heterocycles. The van der Waals surface area contributed by atoms with Crippen LogP contribution in [0.1, 0.15) is 12.5 Å². The largest absolute Gasteiger partial charge is 0.426 e. The van der Waals surface area contributed by atoms with Gasteiger partial charge in [0.1, 0.15) is 5.75 Å². The van der Waals surface area contributed by atoms with Crippen molar-refractivity contribution >= 4 is 16.9 Å². The molecule has 0 amide bonds. The van der Waals surface area contributed by atoms with Gasteiger partial charge in [-0.2, -0.15) is 0 Å². The summed E-state index contributed by atoms with van der Waals surface area (Å²) in [6.07, 6.45) is 2.59. The van der Waals surface area contributed by atoms with Gasteiger partial charge in [-0.15, -0.1) is 0 Å². The van der Waals surface area contributed by atoms with Gasteiger partial charge < -0.3 is 14.6 Å². The molecule has 0 aliphatic heterocycles. The Kier molecular flexibility index (Phi) is 3.28. The number of carbonyl (C=O) groups excluding carboxylic acids is 1. The van der Waals surface area contributed by atoms with Crippen LogP contribution in [0.25, 0.3) is 10.9 Å². The second kappa shape index (κ2) is 5.23. The highest BCUT2D eigenvalue weighted by Gasteiger charge is 2.11. The number of H-pyrrole nitrogens is 1. The number of likely N-dealkylation sites (N-methyl/N-ethyl adjacent to an activating group) is 1. The second-order valence-electron chi connectivity index (χ2n) is 4.58. The lowest BCUT2D eigenvalue weighted by molar-refractivity contribution is -0.131. The third kappa shape index (κ3) is 2.71. The van der Waals surface area contributed by atoms with Gasteiger partial charge in [0.2, 0.25) is 0 Å². The molecule has 0 radical (unpaired) electrons. The number of rotatable bonds is 4. The average Bonchev–Trinajstić information content (AvgIpc) is 2.64.